The van der Waals surface area contributed by atoms with E-state index in [-0.39, 0.29) is 24.3 Å². The third kappa shape index (κ3) is 4.60. The number of benzene rings is 1. The lowest BCUT2D eigenvalue weighted by atomic mass is 10.1. The predicted molar refractivity (Wildman–Crippen MR) is 106 cm³/mol. The summed E-state index contributed by atoms with van der Waals surface area (Å²) in [6.07, 6.45) is 1.96. The van der Waals surface area contributed by atoms with Crippen molar-refractivity contribution < 1.29 is 13.9 Å². The number of para-hydroxylation sites is 1. The molecule has 0 saturated carbocycles. The molecule has 3 rings (SSSR count). The van der Waals surface area contributed by atoms with Crippen LogP contribution in [-0.4, -0.2) is 15.7 Å². The van der Waals surface area contributed by atoms with Gasteiger partial charge in [0, 0.05) is 18.3 Å². The highest BCUT2D eigenvalue weighted by Gasteiger charge is 2.18. The highest BCUT2D eigenvalue weighted by molar-refractivity contribution is 9.10. The highest BCUT2D eigenvalue weighted by Crippen LogP contribution is 2.25. The van der Waals surface area contributed by atoms with Gasteiger partial charge in [0.25, 0.3) is 5.91 Å². The van der Waals surface area contributed by atoms with E-state index in [0.29, 0.717) is 5.76 Å². The summed E-state index contributed by atoms with van der Waals surface area (Å²) in [4.78, 5) is 12.5. The summed E-state index contributed by atoms with van der Waals surface area (Å²) in [7, 11) is 0. The lowest BCUT2D eigenvalue weighted by Crippen LogP contribution is -2.26. The quantitative estimate of drug-likeness (QED) is 0.591. The standard InChI is InChI=1S/C20H22BrN3O3/c1-4-24-11-16(14(3)23-24)13(2)22-20(25)19-10-9-15(27-19)12-26-18-8-6-5-7-17(18)21/h5-11,13H,4,12H2,1-3H3,(H,22,25). The number of hydrogen-bond acceptors (Lipinski definition) is 4. The highest BCUT2D eigenvalue weighted by atomic mass is 79.9. The van der Waals surface area contributed by atoms with Crippen molar-refractivity contribution in [3.05, 3.63) is 69.8 Å². The van der Waals surface area contributed by atoms with Gasteiger partial charge in [0.2, 0.25) is 0 Å². The van der Waals surface area contributed by atoms with Gasteiger partial charge in [0.05, 0.1) is 16.2 Å². The van der Waals surface area contributed by atoms with Crippen LogP contribution in [0.4, 0.5) is 0 Å². The fraction of sp³-hybridized carbons (Fsp3) is 0.300. The summed E-state index contributed by atoms with van der Waals surface area (Å²) in [6, 6.07) is 10.8. The summed E-state index contributed by atoms with van der Waals surface area (Å²) in [5.41, 5.74) is 1.90. The Labute approximate surface area is 166 Å². The van der Waals surface area contributed by atoms with Crippen molar-refractivity contribution in [3.8, 4) is 5.75 Å². The molecule has 0 spiro atoms. The summed E-state index contributed by atoms with van der Waals surface area (Å²) < 4.78 is 14.1. The van der Waals surface area contributed by atoms with E-state index in [1.54, 1.807) is 12.1 Å². The fourth-order valence-electron chi connectivity index (χ4n) is 2.75. The van der Waals surface area contributed by atoms with Crippen molar-refractivity contribution in [1.82, 2.24) is 15.1 Å². The molecule has 0 aliphatic heterocycles. The third-order valence-electron chi connectivity index (χ3n) is 4.21. The van der Waals surface area contributed by atoms with Crippen LogP contribution in [0.15, 0.2) is 51.5 Å². The molecule has 7 heteroatoms. The van der Waals surface area contributed by atoms with Crippen LogP contribution in [0.25, 0.3) is 0 Å². The van der Waals surface area contributed by atoms with Crippen molar-refractivity contribution in [2.24, 2.45) is 0 Å². The van der Waals surface area contributed by atoms with Crippen LogP contribution in [0.3, 0.4) is 0 Å². The molecule has 2 aromatic heterocycles. The molecule has 1 N–H and O–H groups in total. The number of carbonyl (C=O) groups is 1. The van der Waals surface area contributed by atoms with Crippen LogP contribution in [0.2, 0.25) is 0 Å². The molecule has 0 bridgehead atoms. The zero-order valence-electron chi connectivity index (χ0n) is 15.5. The van der Waals surface area contributed by atoms with Crippen LogP contribution in [0.1, 0.15) is 47.5 Å². The molecule has 1 aromatic carbocycles. The molecule has 6 nitrogen and oxygen atoms in total. The lowest BCUT2D eigenvalue weighted by Gasteiger charge is -2.12. The molecular formula is C20H22BrN3O3. The minimum absolute atomic E-state index is 0.164. The monoisotopic (exact) mass is 431 g/mol. The number of ether oxygens (including phenoxy) is 1. The van der Waals surface area contributed by atoms with Crippen LogP contribution < -0.4 is 10.1 Å². The Morgan fingerprint density at radius 2 is 2.11 bits per heavy atom. The molecular weight excluding hydrogens is 410 g/mol. The number of aryl methyl sites for hydroxylation is 2. The molecule has 1 atom stereocenters. The Kier molecular flexibility index (Phi) is 6.01. The Morgan fingerprint density at radius 1 is 1.33 bits per heavy atom. The number of aromatic nitrogens is 2. The van der Waals surface area contributed by atoms with Gasteiger partial charge in [-0.05, 0) is 61.0 Å². The van der Waals surface area contributed by atoms with E-state index < -0.39 is 0 Å². The molecule has 142 valence electrons. The van der Waals surface area contributed by atoms with Crippen LogP contribution in [0.5, 0.6) is 5.75 Å². The second kappa shape index (κ2) is 8.43. The Morgan fingerprint density at radius 3 is 2.81 bits per heavy atom. The zero-order valence-corrected chi connectivity index (χ0v) is 17.1. The Balaban J connectivity index is 1.61. The molecule has 0 radical (unpaired) electrons. The number of hydrogen-bond donors (Lipinski definition) is 1. The number of nitrogens with zero attached hydrogens (tertiary/aromatic N) is 2. The molecule has 0 fully saturated rings. The maximum Gasteiger partial charge on any atom is 0.287 e. The normalized spacial score (nSPS) is 12.0. The molecule has 0 saturated heterocycles. The van der Waals surface area contributed by atoms with Crippen LogP contribution in [0, 0.1) is 6.92 Å². The van der Waals surface area contributed by atoms with E-state index >= 15 is 0 Å². The first-order valence-corrected chi connectivity index (χ1v) is 9.58. The van der Waals surface area contributed by atoms with Crippen molar-refractivity contribution in [2.75, 3.05) is 0 Å². The number of furan rings is 1. The van der Waals surface area contributed by atoms with E-state index in [0.717, 1.165) is 28.0 Å². The molecule has 0 aliphatic rings. The zero-order chi connectivity index (χ0) is 19.4. The van der Waals surface area contributed by atoms with Crippen LogP contribution in [-0.2, 0) is 13.2 Å². The summed E-state index contributed by atoms with van der Waals surface area (Å²) in [6.45, 7) is 6.93. The summed E-state index contributed by atoms with van der Waals surface area (Å²) >= 11 is 3.43. The molecule has 3 aromatic rings. The van der Waals surface area contributed by atoms with Crippen molar-refractivity contribution >= 4 is 21.8 Å². The second-order valence-corrected chi connectivity index (χ2v) is 7.06. The van der Waals surface area contributed by atoms with E-state index in [4.69, 9.17) is 9.15 Å². The first kappa shape index (κ1) is 19.2. The van der Waals surface area contributed by atoms with Gasteiger partial charge in [-0.2, -0.15) is 5.10 Å². The van der Waals surface area contributed by atoms with Crippen molar-refractivity contribution in [3.63, 3.8) is 0 Å². The topological polar surface area (TPSA) is 69.3 Å². The van der Waals surface area contributed by atoms with Gasteiger partial charge >= 0.3 is 0 Å². The van der Waals surface area contributed by atoms with E-state index in [2.05, 4.69) is 26.3 Å². The number of rotatable bonds is 7. The Bertz CT molecular complexity index is 932. The van der Waals surface area contributed by atoms with E-state index in [1.807, 2.05) is 55.9 Å². The Hall–Kier alpha value is -2.54. The van der Waals surface area contributed by atoms with Gasteiger partial charge in [-0.1, -0.05) is 12.1 Å². The SMILES string of the molecule is CCn1cc(C(C)NC(=O)c2ccc(COc3ccccc3Br)o2)c(C)n1. The van der Waals surface area contributed by atoms with Crippen molar-refractivity contribution in [2.45, 2.75) is 40.0 Å². The third-order valence-corrected chi connectivity index (χ3v) is 4.87. The van der Waals surface area contributed by atoms with Gasteiger partial charge in [-0.15, -0.1) is 0 Å². The summed E-state index contributed by atoms with van der Waals surface area (Å²) in [5.74, 6) is 1.29. The average Bonchev–Trinajstić information content (AvgIpc) is 3.27. The number of amides is 1. The fourth-order valence-corrected chi connectivity index (χ4v) is 3.15. The molecule has 0 aliphatic carbocycles. The van der Waals surface area contributed by atoms with Gasteiger partial charge in [0.15, 0.2) is 5.76 Å². The van der Waals surface area contributed by atoms with Crippen LogP contribution >= 0.6 is 15.9 Å². The first-order valence-electron chi connectivity index (χ1n) is 8.78. The average molecular weight is 432 g/mol. The number of carbonyl (C=O) groups excluding carboxylic acids is 1. The number of halogens is 1. The summed E-state index contributed by atoms with van der Waals surface area (Å²) in [5, 5.41) is 7.37. The lowest BCUT2D eigenvalue weighted by molar-refractivity contribution is 0.0907. The van der Waals surface area contributed by atoms with Gasteiger partial charge in [-0.3, -0.25) is 9.48 Å². The minimum Gasteiger partial charge on any atom is -0.484 e. The largest absolute Gasteiger partial charge is 0.484 e. The van der Waals surface area contributed by atoms with E-state index in [9.17, 15) is 4.79 Å². The molecule has 1 unspecified atom stereocenters. The molecule has 1 amide bonds. The smallest absolute Gasteiger partial charge is 0.287 e. The minimum atomic E-state index is -0.265. The second-order valence-electron chi connectivity index (χ2n) is 6.21. The maximum atomic E-state index is 12.5. The van der Waals surface area contributed by atoms with Crippen molar-refractivity contribution in [1.29, 1.82) is 0 Å². The van der Waals surface area contributed by atoms with Gasteiger partial charge < -0.3 is 14.5 Å². The molecule has 2 heterocycles. The maximum absolute atomic E-state index is 12.5. The molecule has 27 heavy (non-hydrogen) atoms. The first-order chi connectivity index (χ1) is 13.0. The van der Waals surface area contributed by atoms with Gasteiger partial charge in [-0.25, -0.2) is 0 Å². The van der Waals surface area contributed by atoms with E-state index in [1.165, 1.54) is 0 Å². The van der Waals surface area contributed by atoms with Gasteiger partial charge in [0.1, 0.15) is 18.1 Å². The number of nitrogens with one attached hydrogen (secondary N) is 1. The predicted octanol–water partition coefficient (Wildman–Crippen LogP) is 4.64.